The number of nitrogen functional groups attached to an aromatic ring is 1. The lowest BCUT2D eigenvalue weighted by Gasteiger charge is -2.02. The second kappa shape index (κ2) is 3.93. The van der Waals surface area contributed by atoms with Gasteiger partial charge in [0.2, 0.25) is 0 Å². The van der Waals surface area contributed by atoms with Crippen LogP contribution in [0.4, 0.5) is 5.69 Å². The van der Waals surface area contributed by atoms with Crippen molar-refractivity contribution in [3.8, 4) is 10.4 Å². The zero-order valence-corrected chi connectivity index (χ0v) is 10.3. The van der Waals surface area contributed by atoms with Crippen LogP contribution in [0.1, 0.15) is 0 Å². The molecule has 0 aliphatic heterocycles. The Balaban J connectivity index is 2.55. The molecule has 0 aliphatic rings. The number of hydrogen-bond acceptors (Lipinski definition) is 2. The average molecular weight is 289 g/mol. The summed E-state index contributed by atoms with van der Waals surface area (Å²) in [6.45, 7) is 0. The molecular formula is C10H7BrClNS. The molecule has 0 amide bonds. The summed E-state index contributed by atoms with van der Waals surface area (Å²) in [5.74, 6) is 0. The van der Waals surface area contributed by atoms with E-state index in [1.807, 2.05) is 30.3 Å². The molecule has 1 aromatic carbocycles. The highest BCUT2D eigenvalue weighted by atomic mass is 79.9. The molecule has 2 rings (SSSR count). The van der Waals surface area contributed by atoms with Gasteiger partial charge >= 0.3 is 0 Å². The zero-order chi connectivity index (χ0) is 10.1. The van der Waals surface area contributed by atoms with Crippen molar-refractivity contribution in [2.75, 3.05) is 5.73 Å². The molecule has 0 fully saturated rings. The van der Waals surface area contributed by atoms with Crippen molar-refractivity contribution in [3.05, 3.63) is 39.1 Å². The summed E-state index contributed by atoms with van der Waals surface area (Å²) < 4.78 is 1.82. The molecule has 2 N–H and O–H groups in total. The van der Waals surface area contributed by atoms with E-state index in [-0.39, 0.29) is 0 Å². The van der Waals surface area contributed by atoms with Crippen molar-refractivity contribution < 1.29 is 0 Å². The molecule has 4 heteroatoms. The summed E-state index contributed by atoms with van der Waals surface area (Å²) >= 11 is 10.9. The molecule has 0 saturated heterocycles. The lowest BCUT2D eigenvalue weighted by molar-refractivity contribution is 1.63. The first kappa shape index (κ1) is 10.0. The van der Waals surface area contributed by atoms with E-state index < -0.39 is 0 Å². The third kappa shape index (κ3) is 1.95. The molecule has 0 aliphatic carbocycles. The Labute approximate surface area is 99.6 Å². The van der Waals surface area contributed by atoms with Gasteiger partial charge in [-0.05, 0) is 30.3 Å². The fraction of sp³-hybridized carbons (Fsp3) is 0. The number of halogens is 2. The van der Waals surface area contributed by atoms with Gasteiger partial charge in [0.05, 0.1) is 4.34 Å². The molecular weight excluding hydrogens is 282 g/mol. The predicted molar refractivity (Wildman–Crippen MR) is 66.9 cm³/mol. The highest BCUT2D eigenvalue weighted by Gasteiger charge is 2.05. The minimum atomic E-state index is 0.757. The fourth-order valence-corrected chi connectivity index (χ4v) is 2.86. The van der Waals surface area contributed by atoms with Crippen LogP contribution in [-0.4, -0.2) is 0 Å². The van der Waals surface area contributed by atoms with E-state index in [1.54, 1.807) is 11.3 Å². The SMILES string of the molecule is Nc1ccc(Br)c(-c2ccc(Cl)s2)c1. The summed E-state index contributed by atoms with van der Waals surface area (Å²) in [7, 11) is 0. The van der Waals surface area contributed by atoms with Gasteiger partial charge in [-0.15, -0.1) is 11.3 Å². The van der Waals surface area contributed by atoms with Crippen LogP contribution in [0, 0.1) is 0 Å². The van der Waals surface area contributed by atoms with E-state index in [0.29, 0.717) is 0 Å². The first-order valence-electron chi connectivity index (χ1n) is 3.97. The van der Waals surface area contributed by atoms with E-state index in [0.717, 1.165) is 24.9 Å². The Bertz CT molecular complexity index is 467. The molecule has 0 spiro atoms. The van der Waals surface area contributed by atoms with Gasteiger partial charge in [0.1, 0.15) is 0 Å². The molecule has 72 valence electrons. The Morgan fingerprint density at radius 2 is 2.00 bits per heavy atom. The van der Waals surface area contributed by atoms with Gasteiger partial charge in [-0.3, -0.25) is 0 Å². The molecule has 1 nitrogen and oxygen atoms in total. The van der Waals surface area contributed by atoms with E-state index in [1.165, 1.54) is 0 Å². The van der Waals surface area contributed by atoms with Crippen LogP contribution >= 0.6 is 38.9 Å². The monoisotopic (exact) mass is 287 g/mol. The third-order valence-electron chi connectivity index (χ3n) is 1.83. The molecule has 1 aromatic heterocycles. The van der Waals surface area contributed by atoms with Crippen molar-refractivity contribution in [1.82, 2.24) is 0 Å². The van der Waals surface area contributed by atoms with Crippen LogP contribution < -0.4 is 5.73 Å². The molecule has 0 saturated carbocycles. The van der Waals surface area contributed by atoms with Crippen molar-refractivity contribution in [1.29, 1.82) is 0 Å². The average Bonchev–Trinajstić information content (AvgIpc) is 2.56. The highest BCUT2D eigenvalue weighted by molar-refractivity contribution is 9.10. The van der Waals surface area contributed by atoms with Gasteiger partial charge in [0.15, 0.2) is 0 Å². The van der Waals surface area contributed by atoms with E-state index >= 15 is 0 Å². The minimum Gasteiger partial charge on any atom is -0.399 e. The van der Waals surface area contributed by atoms with Crippen molar-refractivity contribution in [2.24, 2.45) is 0 Å². The predicted octanol–water partition coefficient (Wildman–Crippen LogP) is 4.41. The Kier molecular flexibility index (Phi) is 2.81. The largest absolute Gasteiger partial charge is 0.399 e. The second-order valence-electron chi connectivity index (χ2n) is 2.84. The van der Waals surface area contributed by atoms with Crippen molar-refractivity contribution in [2.45, 2.75) is 0 Å². The van der Waals surface area contributed by atoms with Gasteiger partial charge in [-0.2, -0.15) is 0 Å². The van der Waals surface area contributed by atoms with Crippen LogP contribution in [0.2, 0.25) is 4.34 Å². The fourth-order valence-electron chi connectivity index (χ4n) is 1.19. The number of anilines is 1. The number of benzene rings is 1. The molecule has 0 unspecified atom stereocenters. The van der Waals surface area contributed by atoms with E-state index in [4.69, 9.17) is 17.3 Å². The van der Waals surface area contributed by atoms with E-state index in [2.05, 4.69) is 15.9 Å². The third-order valence-corrected chi connectivity index (χ3v) is 3.79. The van der Waals surface area contributed by atoms with Gasteiger partial charge < -0.3 is 5.73 Å². The van der Waals surface area contributed by atoms with Crippen LogP contribution in [0.3, 0.4) is 0 Å². The number of rotatable bonds is 1. The first-order valence-corrected chi connectivity index (χ1v) is 5.96. The Hall–Kier alpha value is -0.510. The van der Waals surface area contributed by atoms with Crippen molar-refractivity contribution >= 4 is 44.6 Å². The molecule has 0 radical (unpaired) electrons. The van der Waals surface area contributed by atoms with Crippen LogP contribution in [0.15, 0.2) is 34.8 Å². The Morgan fingerprint density at radius 1 is 1.21 bits per heavy atom. The van der Waals surface area contributed by atoms with Crippen molar-refractivity contribution in [3.63, 3.8) is 0 Å². The molecule has 0 bridgehead atoms. The highest BCUT2D eigenvalue weighted by Crippen LogP contribution is 2.36. The summed E-state index contributed by atoms with van der Waals surface area (Å²) in [4.78, 5) is 1.12. The number of nitrogens with two attached hydrogens (primary N) is 1. The lowest BCUT2D eigenvalue weighted by atomic mass is 10.2. The molecule has 1 heterocycles. The lowest BCUT2D eigenvalue weighted by Crippen LogP contribution is -1.85. The minimum absolute atomic E-state index is 0.757. The molecule has 0 atom stereocenters. The standard InChI is InChI=1S/C10H7BrClNS/c11-8-2-1-6(13)5-7(8)9-3-4-10(12)14-9/h1-5H,13H2. The summed E-state index contributed by atoms with van der Waals surface area (Å²) in [6, 6.07) is 9.62. The summed E-state index contributed by atoms with van der Waals surface area (Å²) in [6.07, 6.45) is 0. The number of hydrogen-bond donors (Lipinski definition) is 1. The van der Waals surface area contributed by atoms with Crippen LogP contribution in [0.25, 0.3) is 10.4 Å². The maximum Gasteiger partial charge on any atom is 0.0934 e. The zero-order valence-electron chi connectivity index (χ0n) is 7.13. The summed E-state index contributed by atoms with van der Waals surface area (Å²) in [5.41, 5.74) is 7.56. The topological polar surface area (TPSA) is 26.0 Å². The van der Waals surface area contributed by atoms with Gasteiger partial charge in [-0.25, -0.2) is 0 Å². The molecule has 2 aromatic rings. The van der Waals surface area contributed by atoms with Crippen LogP contribution in [-0.2, 0) is 0 Å². The quantitative estimate of drug-likeness (QED) is 0.773. The first-order chi connectivity index (χ1) is 6.66. The van der Waals surface area contributed by atoms with Gasteiger partial charge in [0.25, 0.3) is 0 Å². The molecule has 14 heavy (non-hydrogen) atoms. The Morgan fingerprint density at radius 3 is 2.64 bits per heavy atom. The second-order valence-corrected chi connectivity index (χ2v) is 5.41. The van der Waals surface area contributed by atoms with E-state index in [9.17, 15) is 0 Å². The maximum atomic E-state index is 5.87. The maximum absolute atomic E-state index is 5.87. The van der Waals surface area contributed by atoms with Crippen LogP contribution in [0.5, 0.6) is 0 Å². The smallest absolute Gasteiger partial charge is 0.0934 e. The van der Waals surface area contributed by atoms with Gasteiger partial charge in [0, 0.05) is 20.6 Å². The number of thiophene rings is 1. The van der Waals surface area contributed by atoms with Gasteiger partial charge in [-0.1, -0.05) is 27.5 Å². The normalized spacial score (nSPS) is 10.4. The summed E-state index contributed by atoms with van der Waals surface area (Å²) in [5, 5.41) is 0.